The summed E-state index contributed by atoms with van der Waals surface area (Å²) in [5.74, 6) is 1.76. The maximum absolute atomic E-state index is 11.8. The Hall–Kier alpha value is -8.03. The summed E-state index contributed by atoms with van der Waals surface area (Å²) in [4.78, 5) is 31.5. The van der Waals surface area contributed by atoms with E-state index >= 15 is 0 Å². The van der Waals surface area contributed by atoms with Crippen LogP contribution in [0.1, 0.15) is 63.8 Å². The fourth-order valence-corrected chi connectivity index (χ4v) is 6.29. The van der Waals surface area contributed by atoms with E-state index in [4.69, 9.17) is 43.9 Å². The highest BCUT2D eigenvalue weighted by Crippen LogP contribution is 2.22. The quantitative estimate of drug-likeness (QED) is 0.0469. The normalized spacial score (nSPS) is 10.4. The Morgan fingerprint density at radius 2 is 0.775 bits per heavy atom. The summed E-state index contributed by atoms with van der Waals surface area (Å²) < 4.78 is 82.9. The Labute approximate surface area is 547 Å². The standard InChI is InChI=1S/C15H21N5O2.C14H19N5O2.C10H14N5.C9H11N5.2CH4O4S.5ClH/c1-15(2,3)22-14(21)18-12-8-17-20(13(12)16)10-11-6-5-7-19(4)9-11;1-14(2,3)21-13(20)18-11-8-17-19(12(11)15)9-10-5-4-6-16-7-10;1-14-4-2-3-8(6-14)7-15-10(12)9(11)5-13-15;10-8-5-13-14(9(8)11)6-7-2-1-3-12-4-7;2*1-5-6(2,3)4;;;;;/h5-9H,10H2,1-4H3,(H2-,16,17,18,21);4-8H,9,15H2,1-3H3,(H,18,20);2-6H,7,11-12H2,1H3;1-5H,6,10-11H2;2*1H3,(H,2,3,4);5*1H/q;;+1;;;;;;;;/p-1. The zero-order valence-corrected chi connectivity index (χ0v) is 55.7. The summed E-state index contributed by atoms with van der Waals surface area (Å²) in [5, 5.41) is 21.7. The van der Waals surface area contributed by atoms with Crippen LogP contribution in [0, 0.1) is 0 Å². The maximum atomic E-state index is 11.8. The molecule has 8 aromatic heterocycles. The van der Waals surface area contributed by atoms with Crippen LogP contribution in [0.3, 0.4) is 0 Å². The number of nitrogens with two attached hydrogens (primary N) is 6. The van der Waals surface area contributed by atoms with E-state index in [1.165, 1.54) is 12.4 Å². The van der Waals surface area contributed by atoms with Gasteiger partial charge in [0.05, 0.1) is 76.6 Å². The number of hydrogen-bond acceptors (Lipinski definition) is 24. The highest BCUT2D eigenvalue weighted by atomic mass is 35.5. The van der Waals surface area contributed by atoms with Gasteiger partial charge in [0.25, 0.3) is 0 Å². The molecule has 14 N–H and O–H groups in total. The van der Waals surface area contributed by atoms with Crippen molar-refractivity contribution in [2.75, 3.05) is 59.3 Å². The van der Waals surface area contributed by atoms with Crippen LogP contribution in [0.2, 0.25) is 0 Å². The first kappa shape index (κ1) is 85.2. The molecule has 8 aromatic rings. The van der Waals surface area contributed by atoms with E-state index in [0.717, 1.165) is 36.5 Å². The molecule has 39 heteroatoms. The average molecular weight is 1390 g/mol. The molecule has 2 amide bonds. The number of aromatic nitrogens is 12. The van der Waals surface area contributed by atoms with Gasteiger partial charge in [0.15, 0.2) is 24.8 Å². The SMILES string of the molecule is CC(C)(C)OC(=O)Nc1cnn(Cc2cccnc2)c1N.COS(=O)(=O)[O-].COS(=O)(=O)[O-].C[n+]1cccc(Cn2ncc(N)c2N)c1.C[n+]1cccc(Cn2ncc(NC(=O)OC(C)(C)C)c2N)c1.Cl.Cl.Cl.Cl.Cl.Nc1cnn(Cc2cccnc2)c1N. The molecule has 32 nitrogen and oxygen atoms in total. The predicted molar refractivity (Wildman–Crippen MR) is 345 cm³/mol. The van der Waals surface area contributed by atoms with Crippen LogP contribution in [0.4, 0.5) is 55.6 Å². The molecule has 89 heavy (non-hydrogen) atoms. The van der Waals surface area contributed by atoms with Gasteiger partial charge in [0.1, 0.15) is 59.9 Å². The molecule has 0 atom stereocenters. The number of hydrogen-bond donors (Lipinski definition) is 8. The minimum atomic E-state index is -4.41. The van der Waals surface area contributed by atoms with Gasteiger partial charge in [-0.2, -0.15) is 20.4 Å². The first-order valence-corrected chi connectivity index (χ1v) is 27.3. The largest absolute Gasteiger partial charge is 0.726 e. The lowest BCUT2D eigenvalue weighted by Crippen LogP contribution is -2.27. The summed E-state index contributed by atoms with van der Waals surface area (Å²) in [6.45, 7) is 13.0. The van der Waals surface area contributed by atoms with Crippen LogP contribution >= 0.6 is 62.0 Å². The predicted octanol–water partition coefficient (Wildman–Crippen LogP) is 4.65. The zero-order chi connectivity index (χ0) is 63.0. The summed E-state index contributed by atoms with van der Waals surface area (Å²) in [6.07, 6.45) is 19.9. The third kappa shape index (κ3) is 33.8. The van der Waals surface area contributed by atoms with Gasteiger partial charge in [-0.25, -0.2) is 54.3 Å². The number of aryl methyl sites for hydroxylation is 2. The topological polar surface area (TPSA) is 470 Å². The number of carbonyl (C=O) groups is 2. The highest BCUT2D eigenvalue weighted by molar-refractivity contribution is 7.81. The van der Waals surface area contributed by atoms with E-state index in [9.17, 15) is 35.5 Å². The molecular weight excluding hydrogens is 1310 g/mol. The van der Waals surface area contributed by atoms with Crippen molar-refractivity contribution in [1.82, 2.24) is 49.1 Å². The van der Waals surface area contributed by atoms with Crippen LogP contribution in [-0.2, 0) is 78.9 Å². The van der Waals surface area contributed by atoms with Crippen molar-refractivity contribution in [3.8, 4) is 0 Å². The van der Waals surface area contributed by atoms with Crippen molar-refractivity contribution in [1.29, 1.82) is 0 Å². The molecular formula is C50H77Cl5N20O12S2. The van der Waals surface area contributed by atoms with Gasteiger partial charge in [-0.1, -0.05) is 12.1 Å². The molecule has 0 saturated carbocycles. The van der Waals surface area contributed by atoms with E-state index in [-0.39, 0.29) is 62.0 Å². The number of nitrogens with zero attached hydrogens (tertiary/aromatic N) is 12. The molecule has 0 aliphatic rings. The van der Waals surface area contributed by atoms with Crippen molar-refractivity contribution < 1.29 is 62.5 Å². The highest BCUT2D eigenvalue weighted by Gasteiger charge is 2.20. The van der Waals surface area contributed by atoms with Gasteiger partial charge in [-0.05, 0) is 76.9 Å². The Balaban J connectivity index is -0.00000104. The lowest BCUT2D eigenvalue weighted by Gasteiger charge is -2.19. The smallest absolute Gasteiger partial charge is 0.412 e. The first-order chi connectivity index (χ1) is 39.1. The number of pyridine rings is 4. The molecule has 8 rings (SSSR count). The van der Waals surface area contributed by atoms with Crippen LogP contribution in [0.15, 0.2) is 123 Å². The Bertz CT molecular complexity index is 3560. The number of ether oxygens (including phenoxy) is 2. The van der Waals surface area contributed by atoms with E-state index in [0.29, 0.717) is 72.2 Å². The molecule has 0 fully saturated rings. The van der Waals surface area contributed by atoms with Crippen molar-refractivity contribution in [3.63, 3.8) is 0 Å². The summed E-state index contributed by atoms with van der Waals surface area (Å²) >= 11 is 0. The van der Waals surface area contributed by atoms with Gasteiger partial charge >= 0.3 is 12.2 Å². The van der Waals surface area contributed by atoms with E-state index < -0.39 is 44.2 Å². The third-order valence-corrected chi connectivity index (χ3v) is 10.9. The number of halogens is 5. The molecule has 0 radical (unpaired) electrons. The van der Waals surface area contributed by atoms with Gasteiger partial charge in [-0.3, -0.25) is 29.0 Å². The lowest BCUT2D eigenvalue weighted by molar-refractivity contribution is -0.672. The lowest BCUT2D eigenvalue weighted by atomic mass is 10.2. The Morgan fingerprint density at radius 3 is 1.02 bits per heavy atom. The van der Waals surface area contributed by atoms with Crippen LogP contribution in [0.25, 0.3) is 0 Å². The number of amides is 2. The van der Waals surface area contributed by atoms with Crippen LogP contribution in [0.5, 0.6) is 0 Å². The van der Waals surface area contributed by atoms with Crippen molar-refractivity contribution >= 4 is 141 Å². The molecule has 0 bridgehead atoms. The molecule has 496 valence electrons. The van der Waals surface area contributed by atoms with Gasteiger partial charge in [0.2, 0.25) is 20.8 Å². The average Bonchev–Trinajstić information content (AvgIpc) is 4.25. The van der Waals surface area contributed by atoms with Gasteiger partial charge in [-0.15, -0.1) is 62.0 Å². The van der Waals surface area contributed by atoms with Gasteiger partial charge in [0, 0.05) is 48.0 Å². The zero-order valence-electron chi connectivity index (χ0n) is 50.0. The Kier molecular flexibility index (Phi) is 38.1. The maximum Gasteiger partial charge on any atom is 0.412 e. The summed E-state index contributed by atoms with van der Waals surface area (Å²) in [6, 6.07) is 15.6. The van der Waals surface area contributed by atoms with E-state index in [1.807, 2.05) is 96.5 Å². The minimum Gasteiger partial charge on any atom is -0.726 e. The minimum absolute atomic E-state index is 0. The van der Waals surface area contributed by atoms with Crippen LogP contribution < -0.4 is 54.2 Å². The second-order valence-corrected chi connectivity index (χ2v) is 21.7. The number of rotatable bonds is 12. The van der Waals surface area contributed by atoms with E-state index in [1.54, 1.807) is 97.5 Å². The van der Waals surface area contributed by atoms with E-state index in [2.05, 4.69) is 49.4 Å². The van der Waals surface area contributed by atoms with Crippen LogP contribution in [-0.4, -0.2) is 113 Å². The molecule has 8 heterocycles. The second kappa shape index (κ2) is 39.8. The molecule has 0 aliphatic carbocycles. The first-order valence-electron chi connectivity index (χ1n) is 24.6. The molecule has 0 aromatic carbocycles. The molecule has 0 saturated heterocycles. The van der Waals surface area contributed by atoms with Gasteiger partial charge < -0.3 is 53.0 Å². The fraction of sp³-hybridized carbons (Fsp3) is 0.320. The summed E-state index contributed by atoms with van der Waals surface area (Å²) in [7, 11) is -3.28. The second-order valence-electron chi connectivity index (χ2n) is 19.4. The number of anilines is 8. The van der Waals surface area contributed by atoms with Crippen molar-refractivity contribution in [2.24, 2.45) is 14.1 Å². The fourth-order valence-electron chi connectivity index (χ4n) is 6.29. The van der Waals surface area contributed by atoms with Crippen molar-refractivity contribution in [3.05, 3.63) is 145 Å². The molecule has 0 spiro atoms. The summed E-state index contributed by atoms with van der Waals surface area (Å²) in [5.41, 5.74) is 39.6. The molecule has 0 unspecified atom stereocenters. The number of nitrogens with one attached hydrogen (secondary N) is 2. The number of carbonyl (C=O) groups excluding carboxylic acids is 2. The Morgan fingerprint density at radius 1 is 0.494 bits per heavy atom. The number of nitrogen functional groups attached to an aromatic ring is 6. The van der Waals surface area contributed by atoms with Crippen molar-refractivity contribution in [2.45, 2.75) is 78.9 Å². The third-order valence-electron chi connectivity index (χ3n) is 10.0. The molecule has 0 aliphatic heterocycles. The monoisotopic (exact) mass is 1390 g/mol.